The number of phenolic OH excluding ortho intramolecular Hbond substituents is 1. The number of nitrogens with zero attached hydrogens (tertiary/aromatic N) is 1. The zero-order valence-electron chi connectivity index (χ0n) is 10.6. The number of carbonyl (C=O) groups excluding carboxylic acids is 1. The molecule has 0 radical (unpaired) electrons. The lowest BCUT2D eigenvalue weighted by Gasteiger charge is -2.23. The number of alkyl halides is 3. The zero-order valence-corrected chi connectivity index (χ0v) is 10.6. The predicted molar refractivity (Wildman–Crippen MR) is 64.7 cm³/mol. The number of hydrogen-bond donors (Lipinski definition) is 1. The van der Waals surface area contributed by atoms with E-state index in [1.807, 2.05) is 0 Å². The van der Waals surface area contributed by atoms with E-state index in [0.29, 0.717) is 12.0 Å². The third kappa shape index (κ3) is 5.63. The third-order valence-corrected chi connectivity index (χ3v) is 2.48. The van der Waals surface area contributed by atoms with Gasteiger partial charge in [-0.2, -0.15) is 13.2 Å². The Morgan fingerprint density at radius 1 is 1.37 bits per heavy atom. The second-order valence-electron chi connectivity index (χ2n) is 4.28. The van der Waals surface area contributed by atoms with Crippen LogP contribution in [0, 0.1) is 0 Å². The van der Waals surface area contributed by atoms with Crippen LogP contribution in [-0.2, 0) is 11.2 Å². The van der Waals surface area contributed by atoms with Crippen LogP contribution < -0.4 is 0 Å². The molecule has 19 heavy (non-hydrogen) atoms. The highest BCUT2D eigenvalue weighted by Crippen LogP contribution is 2.18. The van der Waals surface area contributed by atoms with Crippen LogP contribution in [0.15, 0.2) is 24.3 Å². The molecule has 0 saturated heterocycles. The Labute approximate surface area is 109 Å². The van der Waals surface area contributed by atoms with Gasteiger partial charge in [0.15, 0.2) is 0 Å². The fraction of sp³-hybridized carbons (Fsp3) is 0.462. The number of amides is 1. The average Bonchev–Trinajstić information content (AvgIpc) is 2.26. The van der Waals surface area contributed by atoms with E-state index in [2.05, 4.69) is 0 Å². The molecule has 1 aromatic rings. The van der Waals surface area contributed by atoms with E-state index in [1.165, 1.54) is 12.1 Å². The number of carbonyl (C=O) groups is 1. The molecular weight excluding hydrogens is 259 g/mol. The molecule has 6 heteroatoms. The van der Waals surface area contributed by atoms with Crippen molar-refractivity contribution in [2.45, 2.75) is 25.9 Å². The van der Waals surface area contributed by atoms with Gasteiger partial charge in [0.25, 0.3) is 0 Å². The van der Waals surface area contributed by atoms with Gasteiger partial charge < -0.3 is 10.0 Å². The minimum absolute atomic E-state index is 0.0110. The summed E-state index contributed by atoms with van der Waals surface area (Å²) in [4.78, 5) is 12.6. The highest BCUT2D eigenvalue weighted by Gasteiger charge is 2.32. The molecule has 1 amide bonds. The lowest BCUT2D eigenvalue weighted by Crippen LogP contribution is -2.40. The normalized spacial score (nSPS) is 11.4. The molecule has 3 nitrogen and oxygen atoms in total. The summed E-state index contributed by atoms with van der Waals surface area (Å²) in [5.74, 6) is -0.604. The Bertz CT molecular complexity index is 432. The van der Waals surface area contributed by atoms with Crippen LogP contribution in [-0.4, -0.2) is 35.2 Å². The molecule has 0 bridgehead atoms. The first-order valence-electron chi connectivity index (χ1n) is 5.94. The average molecular weight is 275 g/mol. The molecule has 1 N–H and O–H groups in total. The molecule has 0 aliphatic heterocycles. The topological polar surface area (TPSA) is 40.5 Å². The Hall–Kier alpha value is -1.72. The number of halogens is 3. The fourth-order valence-corrected chi connectivity index (χ4v) is 1.73. The van der Waals surface area contributed by atoms with Crippen LogP contribution in [0.3, 0.4) is 0 Å². The second-order valence-corrected chi connectivity index (χ2v) is 4.28. The van der Waals surface area contributed by atoms with E-state index in [9.17, 15) is 23.1 Å². The van der Waals surface area contributed by atoms with Crippen molar-refractivity contribution in [1.82, 2.24) is 4.90 Å². The quantitative estimate of drug-likeness (QED) is 0.897. The lowest BCUT2D eigenvalue weighted by atomic mass is 10.1. The van der Waals surface area contributed by atoms with Crippen LogP contribution in [0.1, 0.15) is 18.9 Å². The summed E-state index contributed by atoms with van der Waals surface area (Å²) in [6, 6.07) is 5.95. The summed E-state index contributed by atoms with van der Waals surface area (Å²) in [6.45, 7) is 0.542. The molecule has 1 rings (SSSR count). The van der Waals surface area contributed by atoms with Gasteiger partial charge in [-0.15, -0.1) is 0 Å². The summed E-state index contributed by atoms with van der Waals surface area (Å²) in [7, 11) is 0. The molecule has 0 fully saturated rings. The van der Waals surface area contributed by atoms with Gasteiger partial charge in [0.05, 0.1) is 6.42 Å². The number of benzene rings is 1. The highest BCUT2D eigenvalue weighted by atomic mass is 19.4. The molecule has 0 aromatic heterocycles. The molecule has 0 saturated carbocycles. The lowest BCUT2D eigenvalue weighted by molar-refractivity contribution is -0.160. The SMILES string of the molecule is CCCN(CC(F)(F)F)C(=O)Cc1cccc(O)c1. The number of hydrogen-bond acceptors (Lipinski definition) is 2. The molecule has 0 spiro atoms. The van der Waals surface area contributed by atoms with Crippen molar-refractivity contribution in [3.8, 4) is 5.75 Å². The Balaban J connectivity index is 2.71. The molecule has 0 heterocycles. The maximum absolute atomic E-state index is 12.4. The number of aromatic hydroxyl groups is 1. The van der Waals surface area contributed by atoms with Gasteiger partial charge in [-0.3, -0.25) is 4.79 Å². The van der Waals surface area contributed by atoms with Crippen LogP contribution in [0.25, 0.3) is 0 Å². The van der Waals surface area contributed by atoms with Crippen LogP contribution in [0.2, 0.25) is 0 Å². The first kappa shape index (κ1) is 15.3. The first-order chi connectivity index (χ1) is 8.81. The van der Waals surface area contributed by atoms with E-state index in [4.69, 9.17) is 0 Å². The highest BCUT2D eigenvalue weighted by molar-refractivity contribution is 5.78. The minimum Gasteiger partial charge on any atom is -0.508 e. The van der Waals surface area contributed by atoms with E-state index in [1.54, 1.807) is 19.1 Å². The molecule has 0 aliphatic rings. The van der Waals surface area contributed by atoms with Gasteiger partial charge in [-0.25, -0.2) is 0 Å². The summed E-state index contributed by atoms with van der Waals surface area (Å²) in [5.41, 5.74) is 0.494. The summed E-state index contributed by atoms with van der Waals surface area (Å²) >= 11 is 0. The second kappa shape index (κ2) is 6.45. The van der Waals surface area contributed by atoms with Gasteiger partial charge in [0, 0.05) is 6.54 Å². The minimum atomic E-state index is -4.40. The van der Waals surface area contributed by atoms with Gasteiger partial charge in [0.2, 0.25) is 5.91 Å². The van der Waals surface area contributed by atoms with Crippen molar-refractivity contribution < 1.29 is 23.1 Å². The summed E-state index contributed by atoms with van der Waals surface area (Å²) in [6.07, 6.45) is -4.09. The Morgan fingerprint density at radius 2 is 2.05 bits per heavy atom. The molecule has 0 atom stereocenters. The van der Waals surface area contributed by atoms with Crippen molar-refractivity contribution in [1.29, 1.82) is 0 Å². The number of rotatable bonds is 5. The maximum atomic E-state index is 12.4. The summed E-state index contributed by atoms with van der Waals surface area (Å²) < 4.78 is 37.1. The Morgan fingerprint density at radius 3 is 2.58 bits per heavy atom. The molecule has 106 valence electrons. The van der Waals surface area contributed by atoms with Crippen LogP contribution >= 0.6 is 0 Å². The first-order valence-corrected chi connectivity index (χ1v) is 5.94. The van der Waals surface area contributed by atoms with Gasteiger partial charge in [0.1, 0.15) is 12.3 Å². The van der Waals surface area contributed by atoms with Crippen molar-refractivity contribution in [3.05, 3.63) is 29.8 Å². The van der Waals surface area contributed by atoms with E-state index >= 15 is 0 Å². The van der Waals surface area contributed by atoms with Gasteiger partial charge in [-0.05, 0) is 24.1 Å². The maximum Gasteiger partial charge on any atom is 0.406 e. The van der Waals surface area contributed by atoms with Crippen LogP contribution in [0.4, 0.5) is 13.2 Å². The third-order valence-electron chi connectivity index (χ3n) is 2.48. The summed E-state index contributed by atoms with van der Waals surface area (Å²) in [5, 5.41) is 9.25. The predicted octanol–water partition coefficient (Wildman–Crippen LogP) is 2.74. The molecule has 0 unspecified atom stereocenters. The molecule has 1 aromatic carbocycles. The van der Waals surface area contributed by atoms with Gasteiger partial charge >= 0.3 is 6.18 Å². The largest absolute Gasteiger partial charge is 0.508 e. The fourth-order valence-electron chi connectivity index (χ4n) is 1.73. The van der Waals surface area contributed by atoms with E-state index in [0.717, 1.165) is 4.90 Å². The van der Waals surface area contributed by atoms with Gasteiger partial charge in [-0.1, -0.05) is 19.1 Å². The smallest absolute Gasteiger partial charge is 0.406 e. The Kier molecular flexibility index (Phi) is 5.20. The van der Waals surface area contributed by atoms with Crippen molar-refractivity contribution in [2.24, 2.45) is 0 Å². The zero-order chi connectivity index (χ0) is 14.5. The van der Waals surface area contributed by atoms with E-state index < -0.39 is 18.6 Å². The van der Waals surface area contributed by atoms with Crippen molar-refractivity contribution in [2.75, 3.05) is 13.1 Å². The molecular formula is C13H16F3NO2. The van der Waals surface area contributed by atoms with Crippen molar-refractivity contribution >= 4 is 5.91 Å². The molecule has 0 aliphatic carbocycles. The van der Waals surface area contributed by atoms with E-state index in [-0.39, 0.29) is 18.7 Å². The number of phenols is 1. The van der Waals surface area contributed by atoms with Crippen molar-refractivity contribution in [3.63, 3.8) is 0 Å². The monoisotopic (exact) mass is 275 g/mol. The van der Waals surface area contributed by atoms with Crippen LogP contribution in [0.5, 0.6) is 5.75 Å². The standard InChI is InChI=1S/C13H16F3NO2/c1-2-6-17(9-13(14,15)16)12(19)8-10-4-3-5-11(18)7-10/h3-5,7,18H,2,6,8-9H2,1H3.